The van der Waals surface area contributed by atoms with Gasteiger partial charge in [-0.25, -0.2) is 0 Å². The van der Waals surface area contributed by atoms with Crippen LogP contribution in [0, 0.1) is 0 Å². The van der Waals surface area contributed by atoms with Gasteiger partial charge in [-0.3, -0.25) is 9.59 Å². The quantitative estimate of drug-likeness (QED) is 0.808. The Balaban J connectivity index is 2.06. The first-order chi connectivity index (χ1) is 9.65. The summed E-state index contributed by atoms with van der Waals surface area (Å²) < 4.78 is 5.31. The highest BCUT2D eigenvalue weighted by Gasteiger charge is 2.35. The number of hydrogen-bond donors (Lipinski definition) is 1. The number of ether oxygens (including phenoxy) is 1. The highest BCUT2D eigenvalue weighted by Crippen LogP contribution is 2.36. The van der Waals surface area contributed by atoms with Gasteiger partial charge in [0.1, 0.15) is 5.92 Å². The van der Waals surface area contributed by atoms with Crippen molar-refractivity contribution in [2.24, 2.45) is 0 Å². The predicted molar refractivity (Wildman–Crippen MR) is 74.9 cm³/mol. The molecule has 0 spiro atoms. The molecule has 5 nitrogen and oxygen atoms in total. The number of carboxylic acids is 1. The molecule has 1 aromatic carbocycles. The Labute approximate surface area is 118 Å². The van der Waals surface area contributed by atoms with E-state index >= 15 is 0 Å². The van der Waals surface area contributed by atoms with E-state index in [0.717, 1.165) is 6.42 Å². The van der Waals surface area contributed by atoms with E-state index in [2.05, 4.69) is 0 Å². The van der Waals surface area contributed by atoms with Crippen molar-refractivity contribution in [1.29, 1.82) is 0 Å². The number of fused-ring (bicyclic) bond motifs is 1. The largest absolute Gasteiger partial charge is 0.481 e. The van der Waals surface area contributed by atoms with Crippen LogP contribution in [0.4, 0.5) is 5.69 Å². The summed E-state index contributed by atoms with van der Waals surface area (Å²) in [6.07, 6.45) is 1.20. The van der Waals surface area contributed by atoms with Gasteiger partial charge in [0.15, 0.2) is 0 Å². The topological polar surface area (TPSA) is 66.8 Å². The van der Waals surface area contributed by atoms with Crippen LogP contribution in [0.1, 0.15) is 31.2 Å². The highest BCUT2D eigenvalue weighted by molar-refractivity contribution is 5.98. The molecule has 1 N–H and O–H groups in total. The Morgan fingerprint density at radius 1 is 1.35 bits per heavy atom. The molecule has 0 saturated heterocycles. The molecule has 1 amide bonds. The fraction of sp³-hybridized carbons (Fsp3) is 0.467. The van der Waals surface area contributed by atoms with Crippen LogP contribution in [-0.4, -0.2) is 36.7 Å². The van der Waals surface area contributed by atoms with E-state index in [0.29, 0.717) is 24.5 Å². The number of aliphatic carboxylic acids is 1. The minimum atomic E-state index is -0.894. The average molecular weight is 277 g/mol. The molecule has 108 valence electrons. The first kappa shape index (κ1) is 14.5. The van der Waals surface area contributed by atoms with Crippen LogP contribution < -0.4 is 4.90 Å². The standard InChI is InChI=1S/C15H19NO4/c1-2-8-20-9-7-14(17)16-10-12(15(18)19)11-5-3-4-6-13(11)16/h3-6,12H,2,7-10H2,1H3,(H,18,19). The van der Waals surface area contributed by atoms with Gasteiger partial charge in [0.25, 0.3) is 0 Å². The van der Waals surface area contributed by atoms with Gasteiger partial charge >= 0.3 is 5.97 Å². The number of benzene rings is 1. The number of rotatable bonds is 6. The summed E-state index contributed by atoms with van der Waals surface area (Å²) >= 11 is 0. The van der Waals surface area contributed by atoms with Crippen LogP contribution in [0.5, 0.6) is 0 Å². The van der Waals surface area contributed by atoms with Gasteiger partial charge in [0.05, 0.1) is 13.0 Å². The Morgan fingerprint density at radius 2 is 2.10 bits per heavy atom. The van der Waals surface area contributed by atoms with E-state index in [1.54, 1.807) is 23.1 Å². The van der Waals surface area contributed by atoms with Crippen molar-refractivity contribution in [1.82, 2.24) is 0 Å². The van der Waals surface area contributed by atoms with Gasteiger partial charge in [-0.2, -0.15) is 0 Å². The normalized spacial score (nSPS) is 17.1. The molecule has 0 aliphatic carbocycles. The maximum atomic E-state index is 12.2. The van der Waals surface area contributed by atoms with Gasteiger partial charge in [-0.05, 0) is 18.1 Å². The molecule has 1 atom stereocenters. The van der Waals surface area contributed by atoms with Crippen molar-refractivity contribution in [3.05, 3.63) is 29.8 Å². The Kier molecular flexibility index (Phi) is 4.74. The highest BCUT2D eigenvalue weighted by atomic mass is 16.5. The van der Waals surface area contributed by atoms with Crippen LogP contribution in [-0.2, 0) is 14.3 Å². The maximum Gasteiger partial charge on any atom is 0.312 e. The second-order valence-electron chi connectivity index (χ2n) is 4.82. The fourth-order valence-electron chi connectivity index (χ4n) is 2.40. The number of anilines is 1. The summed E-state index contributed by atoms with van der Waals surface area (Å²) in [6, 6.07) is 7.18. The first-order valence-electron chi connectivity index (χ1n) is 6.85. The lowest BCUT2D eigenvalue weighted by Gasteiger charge is -2.17. The maximum absolute atomic E-state index is 12.2. The van der Waals surface area contributed by atoms with E-state index in [4.69, 9.17) is 4.74 Å². The van der Waals surface area contributed by atoms with Crippen molar-refractivity contribution < 1.29 is 19.4 Å². The molecular formula is C15H19NO4. The van der Waals surface area contributed by atoms with Crippen molar-refractivity contribution >= 4 is 17.6 Å². The van der Waals surface area contributed by atoms with Gasteiger partial charge in [0.2, 0.25) is 5.91 Å². The monoisotopic (exact) mass is 277 g/mol. The number of carbonyl (C=O) groups is 2. The molecule has 20 heavy (non-hydrogen) atoms. The van der Waals surface area contributed by atoms with Gasteiger partial charge < -0.3 is 14.7 Å². The van der Waals surface area contributed by atoms with Crippen molar-refractivity contribution in [2.45, 2.75) is 25.7 Å². The molecule has 1 aliphatic rings. The predicted octanol–water partition coefficient (Wildman–Crippen LogP) is 2.02. The molecular weight excluding hydrogens is 258 g/mol. The number of carboxylic acid groups (broad SMARTS) is 1. The van der Waals surface area contributed by atoms with E-state index in [1.165, 1.54) is 0 Å². The zero-order valence-corrected chi connectivity index (χ0v) is 11.5. The second kappa shape index (κ2) is 6.52. The number of nitrogens with zero attached hydrogens (tertiary/aromatic N) is 1. The van der Waals surface area contributed by atoms with Gasteiger partial charge in [-0.1, -0.05) is 25.1 Å². The molecule has 0 saturated carbocycles. The SMILES string of the molecule is CCCOCCC(=O)N1CC(C(=O)O)c2ccccc21. The Hall–Kier alpha value is -1.88. The van der Waals surface area contributed by atoms with Crippen molar-refractivity contribution in [2.75, 3.05) is 24.7 Å². The van der Waals surface area contributed by atoms with Crippen molar-refractivity contribution in [3.63, 3.8) is 0 Å². The summed E-state index contributed by atoms with van der Waals surface area (Å²) in [7, 11) is 0. The van der Waals surface area contributed by atoms with Gasteiger partial charge in [-0.15, -0.1) is 0 Å². The molecule has 0 fully saturated rings. The molecule has 0 aromatic heterocycles. The molecule has 2 rings (SSSR count). The minimum Gasteiger partial charge on any atom is -0.481 e. The smallest absolute Gasteiger partial charge is 0.312 e. The van der Waals surface area contributed by atoms with Crippen LogP contribution in [0.2, 0.25) is 0 Å². The lowest BCUT2D eigenvalue weighted by molar-refractivity contribution is -0.138. The zero-order valence-electron chi connectivity index (χ0n) is 11.5. The summed E-state index contributed by atoms with van der Waals surface area (Å²) in [4.78, 5) is 25.0. The third-order valence-corrected chi connectivity index (χ3v) is 3.38. The Morgan fingerprint density at radius 3 is 2.80 bits per heavy atom. The summed E-state index contributed by atoms with van der Waals surface area (Å²) in [5.41, 5.74) is 1.42. The van der Waals surface area contributed by atoms with Crippen LogP contribution in [0.25, 0.3) is 0 Å². The summed E-state index contributed by atoms with van der Waals surface area (Å²) in [6.45, 7) is 3.24. The van der Waals surface area contributed by atoms with E-state index < -0.39 is 11.9 Å². The molecule has 0 bridgehead atoms. The third-order valence-electron chi connectivity index (χ3n) is 3.38. The zero-order chi connectivity index (χ0) is 14.5. The van der Waals surface area contributed by atoms with E-state index in [-0.39, 0.29) is 18.9 Å². The van der Waals surface area contributed by atoms with Crippen molar-refractivity contribution in [3.8, 4) is 0 Å². The van der Waals surface area contributed by atoms with Crippen LogP contribution >= 0.6 is 0 Å². The van der Waals surface area contributed by atoms with E-state index in [9.17, 15) is 14.7 Å². The van der Waals surface area contributed by atoms with Crippen LogP contribution in [0.15, 0.2) is 24.3 Å². The first-order valence-corrected chi connectivity index (χ1v) is 6.85. The minimum absolute atomic E-state index is 0.0858. The molecule has 1 aromatic rings. The average Bonchev–Trinajstić information content (AvgIpc) is 2.83. The lowest BCUT2D eigenvalue weighted by Crippen LogP contribution is -2.31. The number of para-hydroxylation sites is 1. The summed E-state index contributed by atoms with van der Waals surface area (Å²) in [5.74, 6) is -1.61. The lowest BCUT2D eigenvalue weighted by atomic mass is 10.0. The number of hydrogen-bond acceptors (Lipinski definition) is 3. The second-order valence-corrected chi connectivity index (χ2v) is 4.82. The van der Waals surface area contributed by atoms with Gasteiger partial charge in [0, 0.05) is 18.8 Å². The van der Waals surface area contributed by atoms with Crippen LogP contribution in [0.3, 0.4) is 0 Å². The molecule has 1 heterocycles. The Bertz CT molecular complexity index is 500. The van der Waals surface area contributed by atoms with E-state index in [1.807, 2.05) is 13.0 Å². The molecule has 0 radical (unpaired) electrons. The molecule has 1 unspecified atom stereocenters. The summed E-state index contributed by atoms with van der Waals surface area (Å²) in [5, 5.41) is 9.24. The molecule has 1 aliphatic heterocycles. The fourth-order valence-corrected chi connectivity index (χ4v) is 2.40. The third kappa shape index (κ3) is 2.99. The molecule has 5 heteroatoms. The number of carbonyl (C=O) groups excluding carboxylic acids is 1. The number of amides is 1.